The summed E-state index contributed by atoms with van der Waals surface area (Å²) in [6, 6.07) is 11.2. The number of ether oxygens (including phenoxy) is 1. The number of thioether (sulfide) groups is 1. The molecule has 2 rings (SSSR count). The number of aromatic hydroxyl groups is 1. The zero-order valence-corrected chi connectivity index (χ0v) is 15.2. The molecule has 4 nitrogen and oxygen atoms in total. The number of thiocyanates is 1. The Labute approximate surface area is 152 Å². The van der Waals surface area contributed by atoms with Crippen molar-refractivity contribution in [1.29, 1.82) is 5.26 Å². The van der Waals surface area contributed by atoms with Gasteiger partial charge in [0.1, 0.15) is 23.5 Å². The minimum Gasteiger partial charge on any atom is -0.507 e. The highest BCUT2D eigenvalue weighted by atomic mass is 32.2. The SMILES string of the molecule is CCCc1c(OCc2ccccc2CSC#N)ccc(C(C)=O)c1O. The van der Waals surface area contributed by atoms with Gasteiger partial charge in [-0.25, -0.2) is 0 Å². The van der Waals surface area contributed by atoms with Crippen molar-refractivity contribution in [3.8, 4) is 16.9 Å². The van der Waals surface area contributed by atoms with Crippen molar-refractivity contribution < 1.29 is 14.6 Å². The zero-order chi connectivity index (χ0) is 18.2. The number of phenols is 1. The third kappa shape index (κ3) is 4.77. The Morgan fingerprint density at radius 1 is 1.24 bits per heavy atom. The Bertz CT molecular complexity index is 796. The number of carbonyl (C=O) groups is 1. The first-order chi connectivity index (χ1) is 12.1. The Morgan fingerprint density at radius 3 is 2.60 bits per heavy atom. The zero-order valence-electron chi connectivity index (χ0n) is 14.4. The number of rotatable bonds is 8. The van der Waals surface area contributed by atoms with Gasteiger partial charge in [-0.3, -0.25) is 4.79 Å². The fourth-order valence-electron chi connectivity index (χ4n) is 2.63. The van der Waals surface area contributed by atoms with E-state index < -0.39 is 0 Å². The maximum Gasteiger partial charge on any atom is 0.163 e. The summed E-state index contributed by atoms with van der Waals surface area (Å²) < 4.78 is 5.95. The number of hydrogen-bond donors (Lipinski definition) is 1. The van der Waals surface area contributed by atoms with Gasteiger partial charge in [-0.2, -0.15) is 5.26 Å². The summed E-state index contributed by atoms with van der Waals surface area (Å²) in [5, 5.41) is 21.2. The fraction of sp³-hybridized carbons (Fsp3) is 0.300. The second-order valence-electron chi connectivity index (χ2n) is 5.68. The predicted molar refractivity (Wildman–Crippen MR) is 99.8 cm³/mol. The van der Waals surface area contributed by atoms with Gasteiger partial charge in [0.25, 0.3) is 0 Å². The quantitative estimate of drug-likeness (QED) is 0.542. The summed E-state index contributed by atoms with van der Waals surface area (Å²) in [5.41, 5.74) is 3.04. The van der Waals surface area contributed by atoms with Crippen molar-refractivity contribution in [1.82, 2.24) is 0 Å². The molecule has 0 heterocycles. The van der Waals surface area contributed by atoms with E-state index in [1.807, 2.05) is 31.2 Å². The van der Waals surface area contributed by atoms with Crippen LogP contribution in [0.2, 0.25) is 0 Å². The Kier molecular flexibility index (Phi) is 6.91. The number of carbonyl (C=O) groups excluding carboxylic acids is 1. The van der Waals surface area contributed by atoms with Crippen LogP contribution in [-0.2, 0) is 18.8 Å². The molecule has 0 amide bonds. The molecule has 130 valence electrons. The lowest BCUT2D eigenvalue weighted by molar-refractivity contribution is 0.101. The first kappa shape index (κ1) is 18.9. The highest BCUT2D eigenvalue weighted by Gasteiger charge is 2.16. The lowest BCUT2D eigenvalue weighted by atomic mass is 10.0. The molecule has 0 spiro atoms. The highest BCUT2D eigenvalue weighted by Crippen LogP contribution is 2.33. The van der Waals surface area contributed by atoms with Crippen LogP contribution in [0, 0.1) is 10.7 Å². The predicted octanol–water partition coefficient (Wildman–Crippen LogP) is 4.84. The van der Waals surface area contributed by atoms with Gasteiger partial charge in [0.2, 0.25) is 0 Å². The molecular formula is C20H21NO3S. The van der Waals surface area contributed by atoms with E-state index in [2.05, 4.69) is 5.40 Å². The van der Waals surface area contributed by atoms with Crippen molar-refractivity contribution in [2.75, 3.05) is 0 Å². The Morgan fingerprint density at radius 2 is 1.96 bits per heavy atom. The molecule has 2 aromatic carbocycles. The molecule has 0 saturated heterocycles. The summed E-state index contributed by atoms with van der Waals surface area (Å²) in [6.45, 7) is 3.80. The number of Topliss-reactive ketones (excluding diaryl/α,β-unsaturated/α-hetero) is 1. The molecule has 0 radical (unpaired) electrons. The first-order valence-corrected chi connectivity index (χ1v) is 9.13. The van der Waals surface area contributed by atoms with E-state index in [-0.39, 0.29) is 11.5 Å². The lowest BCUT2D eigenvalue weighted by Gasteiger charge is -2.16. The van der Waals surface area contributed by atoms with Crippen LogP contribution in [0.4, 0.5) is 0 Å². The molecule has 0 aliphatic heterocycles. The summed E-state index contributed by atoms with van der Waals surface area (Å²) in [6.07, 6.45) is 1.47. The van der Waals surface area contributed by atoms with Gasteiger partial charge in [-0.1, -0.05) is 37.6 Å². The number of nitrogens with zero attached hydrogens (tertiary/aromatic N) is 1. The number of benzene rings is 2. The maximum absolute atomic E-state index is 11.6. The van der Waals surface area contributed by atoms with Crippen LogP contribution in [0.5, 0.6) is 11.5 Å². The van der Waals surface area contributed by atoms with Crippen LogP contribution in [0.3, 0.4) is 0 Å². The average Bonchev–Trinajstić information content (AvgIpc) is 2.61. The highest BCUT2D eigenvalue weighted by molar-refractivity contribution is 8.02. The minimum atomic E-state index is -0.166. The van der Waals surface area contributed by atoms with E-state index in [1.165, 1.54) is 18.7 Å². The van der Waals surface area contributed by atoms with Crippen molar-refractivity contribution in [2.45, 2.75) is 39.0 Å². The molecule has 2 aromatic rings. The average molecular weight is 355 g/mol. The van der Waals surface area contributed by atoms with Crippen LogP contribution in [0.25, 0.3) is 0 Å². The van der Waals surface area contributed by atoms with E-state index in [9.17, 15) is 9.90 Å². The third-order valence-electron chi connectivity index (χ3n) is 3.91. The van der Waals surface area contributed by atoms with Crippen LogP contribution >= 0.6 is 11.8 Å². The Hall–Kier alpha value is -2.45. The summed E-state index contributed by atoms with van der Waals surface area (Å²) in [5.74, 6) is 1.04. The second kappa shape index (κ2) is 9.14. The summed E-state index contributed by atoms with van der Waals surface area (Å²) in [4.78, 5) is 11.6. The number of nitriles is 1. The summed E-state index contributed by atoms with van der Waals surface area (Å²) in [7, 11) is 0. The van der Waals surface area contributed by atoms with E-state index in [4.69, 9.17) is 10.00 Å². The monoisotopic (exact) mass is 355 g/mol. The number of hydrogen-bond acceptors (Lipinski definition) is 5. The third-order valence-corrected chi connectivity index (χ3v) is 4.50. The summed E-state index contributed by atoms with van der Waals surface area (Å²) >= 11 is 1.19. The van der Waals surface area contributed by atoms with E-state index in [1.54, 1.807) is 12.1 Å². The van der Waals surface area contributed by atoms with Gasteiger partial charge < -0.3 is 9.84 Å². The fourth-order valence-corrected chi connectivity index (χ4v) is 3.14. The van der Waals surface area contributed by atoms with Crippen LogP contribution in [0.1, 0.15) is 47.3 Å². The lowest BCUT2D eigenvalue weighted by Crippen LogP contribution is -2.04. The molecule has 0 unspecified atom stereocenters. The molecular weight excluding hydrogens is 334 g/mol. The van der Waals surface area contributed by atoms with Gasteiger partial charge in [-0.15, -0.1) is 0 Å². The molecule has 0 aromatic heterocycles. The molecule has 0 aliphatic rings. The molecule has 5 heteroatoms. The molecule has 0 aliphatic carbocycles. The molecule has 25 heavy (non-hydrogen) atoms. The molecule has 1 N–H and O–H groups in total. The maximum atomic E-state index is 11.6. The van der Waals surface area contributed by atoms with Gasteiger partial charge in [0.15, 0.2) is 5.78 Å². The standard InChI is InChI=1S/C20H21NO3S/c1-3-6-18-19(10-9-17(14(2)22)20(18)23)24-11-15-7-4-5-8-16(15)12-25-13-21/h4-5,7-10,23H,3,6,11-12H2,1-2H3. The second-order valence-corrected chi connectivity index (χ2v) is 6.44. The van der Waals surface area contributed by atoms with Gasteiger partial charge >= 0.3 is 0 Å². The topological polar surface area (TPSA) is 70.3 Å². The molecule has 0 atom stereocenters. The van der Waals surface area contributed by atoms with E-state index in [0.29, 0.717) is 35.7 Å². The largest absolute Gasteiger partial charge is 0.507 e. The van der Waals surface area contributed by atoms with Gasteiger partial charge in [0, 0.05) is 11.3 Å². The first-order valence-electron chi connectivity index (χ1n) is 8.14. The molecule has 0 fully saturated rings. The molecule has 0 saturated carbocycles. The van der Waals surface area contributed by atoms with Crippen molar-refractivity contribution >= 4 is 17.5 Å². The Balaban J connectivity index is 2.25. The van der Waals surface area contributed by atoms with Gasteiger partial charge in [-0.05, 0) is 48.4 Å². The smallest absolute Gasteiger partial charge is 0.163 e. The molecule has 0 bridgehead atoms. The van der Waals surface area contributed by atoms with E-state index in [0.717, 1.165) is 17.5 Å². The normalized spacial score (nSPS) is 10.3. The van der Waals surface area contributed by atoms with Crippen molar-refractivity contribution in [3.63, 3.8) is 0 Å². The van der Waals surface area contributed by atoms with Gasteiger partial charge in [0.05, 0.1) is 5.56 Å². The van der Waals surface area contributed by atoms with Crippen molar-refractivity contribution in [3.05, 3.63) is 58.7 Å². The van der Waals surface area contributed by atoms with Crippen LogP contribution in [0.15, 0.2) is 36.4 Å². The van der Waals surface area contributed by atoms with E-state index >= 15 is 0 Å². The van der Waals surface area contributed by atoms with Crippen molar-refractivity contribution in [2.24, 2.45) is 0 Å². The van der Waals surface area contributed by atoms with Crippen LogP contribution in [-0.4, -0.2) is 10.9 Å². The number of ketones is 1. The van der Waals surface area contributed by atoms with Crippen LogP contribution < -0.4 is 4.74 Å². The minimum absolute atomic E-state index is 0.0140. The number of phenolic OH excluding ortho intramolecular Hbond substituents is 1.